The van der Waals surface area contributed by atoms with Crippen molar-refractivity contribution in [2.75, 3.05) is 18.8 Å². The second-order valence-electron chi connectivity index (χ2n) is 3.23. The van der Waals surface area contributed by atoms with Crippen LogP contribution < -0.4 is 10.6 Å². The molecule has 96 valence electrons. The second-order valence-corrected chi connectivity index (χ2v) is 4.39. The van der Waals surface area contributed by atoms with Gasteiger partial charge in [0, 0.05) is 12.3 Å². The lowest BCUT2D eigenvalue weighted by molar-refractivity contribution is -0.122. The van der Waals surface area contributed by atoms with Crippen LogP contribution in [0.1, 0.15) is 12.8 Å². The molecule has 8 heteroatoms. The minimum absolute atomic E-state index is 0. The second kappa shape index (κ2) is 7.24. The number of carbonyl (C=O) groups excluding carboxylic acids is 1. The van der Waals surface area contributed by atoms with Gasteiger partial charge in [-0.15, -0.1) is 12.4 Å². The van der Waals surface area contributed by atoms with Crippen molar-refractivity contribution in [2.45, 2.75) is 24.4 Å². The van der Waals surface area contributed by atoms with Crippen LogP contribution in [0, 0.1) is 0 Å². The Hall–Kier alpha value is -0.140. The molecule has 0 saturated carbocycles. The SMILES string of the molecule is Cl.O=C(NCCSC(F)(F)F)C1CCCN1. The molecule has 1 atom stereocenters. The van der Waals surface area contributed by atoms with Crippen LogP contribution in [0.15, 0.2) is 0 Å². The molecule has 0 aromatic carbocycles. The first-order valence-electron chi connectivity index (χ1n) is 4.71. The van der Waals surface area contributed by atoms with Crippen LogP contribution in [0.5, 0.6) is 0 Å². The van der Waals surface area contributed by atoms with Gasteiger partial charge < -0.3 is 10.6 Å². The van der Waals surface area contributed by atoms with Gasteiger partial charge in [-0.25, -0.2) is 0 Å². The van der Waals surface area contributed by atoms with E-state index in [1.165, 1.54) is 0 Å². The highest BCUT2D eigenvalue weighted by molar-refractivity contribution is 8.00. The molecule has 3 nitrogen and oxygen atoms in total. The smallest absolute Gasteiger partial charge is 0.354 e. The van der Waals surface area contributed by atoms with Crippen molar-refractivity contribution in [1.29, 1.82) is 0 Å². The van der Waals surface area contributed by atoms with Crippen LogP contribution in [-0.4, -0.2) is 36.3 Å². The van der Waals surface area contributed by atoms with Crippen molar-refractivity contribution >= 4 is 30.1 Å². The van der Waals surface area contributed by atoms with E-state index in [2.05, 4.69) is 10.6 Å². The summed E-state index contributed by atoms with van der Waals surface area (Å²) < 4.78 is 35.2. The number of amides is 1. The Kier molecular flexibility index (Phi) is 7.17. The highest BCUT2D eigenvalue weighted by atomic mass is 35.5. The first-order valence-corrected chi connectivity index (χ1v) is 5.69. The molecule has 16 heavy (non-hydrogen) atoms. The summed E-state index contributed by atoms with van der Waals surface area (Å²) in [5.41, 5.74) is -4.21. The van der Waals surface area contributed by atoms with E-state index in [4.69, 9.17) is 0 Å². The first-order chi connectivity index (χ1) is 6.99. The molecule has 0 aromatic rings. The van der Waals surface area contributed by atoms with Gasteiger partial charge in [-0.2, -0.15) is 13.2 Å². The average molecular weight is 279 g/mol. The zero-order valence-electron chi connectivity index (χ0n) is 8.47. The normalized spacial score (nSPS) is 20.3. The first kappa shape index (κ1) is 15.9. The predicted molar refractivity (Wildman–Crippen MR) is 59.8 cm³/mol. The van der Waals surface area contributed by atoms with Crippen LogP contribution in [0.2, 0.25) is 0 Å². The molecule has 1 aliphatic rings. The number of thioether (sulfide) groups is 1. The summed E-state index contributed by atoms with van der Waals surface area (Å²) in [5.74, 6) is -0.336. The Morgan fingerprint density at radius 3 is 2.69 bits per heavy atom. The lowest BCUT2D eigenvalue weighted by Crippen LogP contribution is -2.41. The number of rotatable bonds is 4. The maximum Gasteiger partial charge on any atom is 0.441 e. The van der Waals surface area contributed by atoms with E-state index < -0.39 is 5.51 Å². The third kappa shape index (κ3) is 6.44. The molecule has 0 bridgehead atoms. The van der Waals surface area contributed by atoms with Gasteiger partial charge in [-0.3, -0.25) is 4.79 Å². The number of carbonyl (C=O) groups is 1. The van der Waals surface area contributed by atoms with E-state index in [0.29, 0.717) is 0 Å². The lowest BCUT2D eigenvalue weighted by atomic mass is 10.2. The number of hydrogen-bond acceptors (Lipinski definition) is 3. The van der Waals surface area contributed by atoms with E-state index in [9.17, 15) is 18.0 Å². The van der Waals surface area contributed by atoms with Gasteiger partial charge in [0.05, 0.1) is 6.04 Å². The highest BCUT2D eigenvalue weighted by Gasteiger charge is 2.28. The maximum atomic E-state index is 11.7. The number of nitrogens with one attached hydrogen (secondary N) is 2. The summed E-state index contributed by atoms with van der Waals surface area (Å²) in [6.45, 7) is 0.858. The molecule has 1 rings (SSSR count). The van der Waals surface area contributed by atoms with Crippen LogP contribution in [0.3, 0.4) is 0 Å². The minimum atomic E-state index is -4.21. The lowest BCUT2D eigenvalue weighted by Gasteiger charge is -2.11. The quantitative estimate of drug-likeness (QED) is 0.767. The standard InChI is InChI=1S/C8H13F3N2OS.ClH/c9-8(10,11)15-5-4-13-7(14)6-2-1-3-12-6;/h6,12H,1-5H2,(H,13,14);1H. The van der Waals surface area contributed by atoms with Crippen LogP contribution in [-0.2, 0) is 4.79 Å². The molecular weight excluding hydrogens is 265 g/mol. The Labute approximate surface area is 102 Å². The molecule has 2 N–H and O–H groups in total. The fourth-order valence-corrected chi connectivity index (χ4v) is 1.81. The third-order valence-corrected chi connectivity index (χ3v) is 2.78. The zero-order valence-corrected chi connectivity index (χ0v) is 10.1. The van der Waals surface area contributed by atoms with Gasteiger partial charge in [0.15, 0.2) is 0 Å². The van der Waals surface area contributed by atoms with Crippen molar-refractivity contribution in [3.63, 3.8) is 0 Å². The fourth-order valence-electron chi connectivity index (χ4n) is 1.37. The molecular formula is C8H14ClF3N2OS. The molecule has 1 aliphatic heterocycles. The minimum Gasteiger partial charge on any atom is -0.354 e. The summed E-state index contributed by atoms with van der Waals surface area (Å²) >= 11 is -0.117. The highest BCUT2D eigenvalue weighted by Crippen LogP contribution is 2.29. The van der Waals surface area contributed by atoms with Gasteiger partial charge >= 0.3 is 5.51 Å². The van der Waals surface area contributed by atoms with Gasteiger partial charge in [-0.05, 0) is 31.1 Å². The third-order valence-electron chi connectivity index (χ3n) is 2.04. The van der Waals surface area contributed by atoms with Crippen molar-refractivity contribution in [3.05, 3.63) is 0 Å². The largest absolute Gasteiger partial charge is 0.441 e. The summed E-state index contributed by atoms with van der Waals surface area (Å²) in [7, 11) is 0. The molecule has 1 amide bonds. The fraction of sp³-hybridized carbons (Fsp3) is 0.875. The number of hydrogen-bond donors (Lipinski definition) is 2. The summed E-state index contributed by atoms with van der Waals surface area (Å²) in [5, 5.41) is 5.45. The molecule has 0 spiro atoms. The Balaban J connectivity index is 0.00000225. The van der Waals surface area contributed by atoms with E-state index in [1.807, 2.05) is 0 Å². The Morgan fingerprint density at radius 1 is 1.50 bits per heavy atom. The summed E-state index contributed by atoms with van der Waals surface area (Å²) in [4.78, 5) is 11.3. The van der Waals surface area contributed by atoms with Crippen LogP contribution in [0.25, 0.3) is 0 Å². The van der Waals surface area contributed by atoms with Gasteiger partial charge in [-0.1, -0.05) is 0 Å². The van der Waals surface area contributed by atoms with Gasteiger partial charge in [0.2, 0.25) is 5.91 Å². The van der Waals surface area contributed by atoms with Gasteiger partial charge in [0.1, 0.15) is 0 Å². The van der Waals surface area contributed by atoms with Crippen molar-refractivity contribution in [1.82, 2.24) is 10.6 Å². The van der Waals surface area contributed by atoms with E-state index in [1.54, 1.807) is 0 Å². The number of halogens is 4. The predicted octanol–water partition coefficient (Wildman–Crippen LogP) is 1.53. The van der Waals surface area contributed by atoms with Crippen LogP contribution >= 0.6 is 24.2 Å². The molecule has 0 aliphatic carbocycles. The molecule has 1 saturated heterocycles. The Bertz CT molecular complexity index is 222. The monoisotopic (exact) mass is 278 g/mol. The van der Waals surface area contributed by atoms with Gasteiger partial charge in [0.25, 0.3) is 0 Å². The summed E-state index contributed by atoms with van der Waals surface area (Å²) in [6, 6.07) is -0.221. The topological polar surface area (TPSA) is 41.1 Å². The zero-order chi connectivity index (χ0) is 11.3. The van der Waals surface area contributed by atoms with Crippen molar-refractivity contribution in [3.8, 4) is 0 Å². The van der Waals surface area contributed by atoms with E-state index in [-0.39, 0.29) is 48.4 Å². The average Bonchev–Trinajstić information content (AvgIpc) is 2.63. The Morgan fingerprint density at radius 2 is 2.19 bits per heavy atom. The molecule has 1 heterocycles. The summed E-state index contributed by atoms with van der Waals surface area (Å²) in [6.07, 6.45) is 1.70. The van der Waals surface area contributed by atoms with E-state index in [0.717, 1.165) is 19.4 Å². The van der Waals surface area contributed by atoms with Crippen LogP contribution in [0.4, 0.5) is 13.2 Å². The number of alkyl halides is 3. The van der Waals surface area contributed by atoms with Crippen molar-refractivity contribution < 1.29 is 18.0 Å². The molecule has 0 radical (unpaired) electrons. The molecule has 1 unspecified atom stereocenters. The van der Waals surface area contributed by atoms with E-state index >= 15 is 0 Å². The molecule has 0 aromatic heterocycles. The maximum absolute atomic E-state index is 11.7. The van der Waals surface area contributed by atoms with Crippen molar-refractivity contribution in [2.24, 2.45) is 0 Å². The molecule has 1 fully saturated rings.